The summed E-state index contributed by atoms with van der Waals surface area (Å²) in [7, 11) is 0. The Kier molecular flexibility index (Phi) is 4.59. The van der Waals surface area contributed by atoms with Gasteiger partial charge in [-0.2, -0.15) is 11.3 Å². The summed E-state index contributed by atoms with van der Waals surface area (Å²) in [5.41, 5.74) is 7.42. The van der Waals surface area contributed by atoms with E-state index in [0.717, 1.165) is 19.4 Å². The lowest BCUT2D eigenvalue weighted by Gasteiger charge is -2.41. The number of ether oxygens (including phenoxy) is 1. The van der Waals surface area contributed by atoms with Crippen molar-refractivity contribution in [1.29, 1.82) is 0 Å². The lowest BCUT2D eigenvalue weighted by Crippen LogP contribution is -2.57. The van der Waals surface area contributed by atoms with Gasteiger partial charge in [-0.25, -0.2) is 0 Å². The summed E-state index contributed by atoms with van der Waals surface area (Å²) < 4.78 is 5.54. The molecule has 5 nitrogen and oxygen atoms in total. The van der Waals surface area contributed by atoms with Gasteiger partial charge < -0.3 is 15.8 Å². The largest absolute Gasteiger partial charge is 0.378 e. The van der Waals surface area contributed by atoms with Crippen LogP contribution < -0.4 is 11.1 Å². The Balaban J connectivity index is 1.79. The number of nitrogens with two attached hydrogens (primary N) is 1. The third-order valence-corrected chi connectivity index (χ3v) is 4.84. The van der Waals surface area contributed by atoms with E-state index in [1.807, 2.05) is 6.92 Å². The average Bonchev–Trinajstić information content (AvgIpc) is 3.12. The minimum atomic E-state index is -0.241. The number of hydrogen-bond donors (Lipinski definition) is 2. The van der Waals surface area contributed by atoms with Crippen LogP contribution in [0.5, 0.6) is 0 Å². The van der Waals surface area contributed by atoms with Crippen molar-refractivity contribution in [2.45, 2.75) is 43.9 Å². The molecule has 1 saturated carbocycles. The van der Waals surface area contributed by atoms with Gasteiger partial charge in [-0.1, -0.05) is 0 Å². The van der Waals surface area contributed by atoms with E-state index in [4.69, 9.17) is 10.5 Å². The third-order valence-electron chi connectivity index (χ3n) is 4.14. The van der Waals surface area contributed by atoms with Crippen LogP contribution in [-0.4, -0.2) is 48.7 Å². The van der Waals surface area contributed by atoms with Gasteiger partial charge in [0.2, 0.25) is 5.91 Å². The van der Waals surface area contributed by atoms with Gasteiger partial charge in [0.05, 0.1) is 19.3 Å². The molecule has 3 N–H and O–H groups in total. The Morgan fingerprint density at radius 1 is 1.57 bits per heavy atom. The van der Waals surface area contributed by atoms with E-state index in [2.05, 4.69) is 27.0 Å². The molecule has 1 aromatic rings. The molecular formula is C15H23N3O2S. The van der Waals surface area contributed by atoms with Crippen LogP contribution in [0.2, 0.25) is 0 Å². The summed E-state index contributed by atoms with van der Waals surface area (Å²) in [6.45, 7) is 3.85. The van der Waals surface area contributed by atoms with Crippen LogP contribution >= 0.6 is 11.3 Å². The van der Waals surface area contributed by atoms with Gasteiger partial charge in [-0.3, -0.25) is 9.69 Å². The number of morpholine rings is 1. The van der Waals surface area contributed by atoms with Crippen molar-refractivity contribution >= 4 is 17.2 Å². The minimum absolute atomic E-state index is 0.0334. The first kappa shape index (κ1) is 15.0. The van der Waals surface area contributed by atoms with E-state index >= 15 is 0 Å². The van der Waals surface area contributed by atoms with Gasteiger partial charge in [-0.15, -0.1) is 0 Å². The van der Waals surface area contributed by atoms with Gasteiger partial charge in [0, 0.05) is 18.6 Å². The topological polar surface area (TPSA) is 67.6 Å². The molecule has 0 radical (unpaired) electrons. The van der Waals surface area contributed by atoms with E-state index < -0.39 is 0 Å². The van der Waals surface area contributed by atoms with Crippen LogP contribution in [0.3, 0.4) is 0 Å². The van der Waals surface area contributed by atoms with Crippen molar-refractivity contribution in [3.8, 4) is 0 Å². The van der Waals surface area contributed by atoms with Crippen molar-refractivity contribution in [2.75, 3.05) is 19.8 Å². The molecule has 21 heavy (non-hydrogen) atoms. The lowest BCUT2D eigenvalue weighted by molar-refractivity contribution is -0.135. The van der Waals surface area contributed by atoms with E-state index in [1.54, 1.807) is 11.3 Å². The summed E-state index contributed by atoms with van der Waals surface area (Å²) in [6.07, 6.45) is 2.20. The zero-order chi connectivity index (χ0) is 14.8. The monoisotopic (exact) mass is 309 g/mol. The number of rotatable bonds is 5. The maximum absolute atomic E-state index is 12.5. The van der Waals surface area contributed by atoms with Crippen LogP contribution in [0.4, 0.5) is 0 Å². The van der Waals surface area contributed by atoms with E-state index in [1.165, 1.54) is 5.56 Å². The fraction of sp³-hybridized carbons (Fsp3) is 0.667. The summed E-state index contributed by atoms with van der Waals surface area (Å²) in [5.74, 6) is 0.0816. The summed E-state index contributed by atoms with van der Waals surface area (Å²) in [4.78, 5) is 14.7. The Morgan fingerprint density at radius 2 is 2.38 bits per heavy atom. The van der Waals surface area contributed by atoms with Gasteiger partial charge in [0.15, 0.2) is 0 Å². The maximum atomic E-state index is 12.5. The van der Waals surface area contributed by atoms with Gasteiger partial charge in [0.25, 0.3) is 0 Å². The Morgan fingerprint density at radius 3 is 3.00 bits per heavy atom. The molecule has 116 valence electrons. The number of nitrogens with one attached hydrogen (secondary N) is 1. The first-order valence-corrected chi connectivity index (χ1v) is 8.52. The molecule has 0 spiro atoms. The summed E-state index contributed by atoms with van der Waals surface area (Å²) in [5, 5.41) is 7.28. The molecule has 0 bridgehead atoms. The molecule has 0 aromatic carbocycles. The number of carbonyl (C=O) groups is 1. The van der Waals surface area contributed by atoms with E-state index in [-0.39, 0.29) is 24.0 Å². The molecule has 1 amide bonds. The second-order valence-corrected chi connectivity index (χ2v) is 6.75. The first-order chi connectivity index (χ1) is 10.2. The standard InChI is InChI=1S/C15H23N3O2S/c1-10(16)14(11-4-7-21-9-11)18-5-6-20-8-13(18)15(19)17-12-2-3-12/h4,7,9-10,12-14H,2-3,5-6,8,16H2,1H3,(H,17,19). The molecule has 3 atom stereocenters. The van der Waals surface area contributed by atoms with Crippen LogP contribution in [0.1, 0.15) is 31.4 Å². The fourth-order valence-corrected chi connectivity index (χ4v) is 3.63. The predicted octanol–water partition coefficient (Wildman–Crippen LogP) is 1.12. The third kappa shape index (κ3) is 3.45. The molecule has 2 aliphatic rings. The molecule has 1 aliphatic heterocycles. The quantitative estimate of drug-likeness (QED) is 0.855. The van der Waals surface area contributed by atoms with E-state index in [0.29, 0.717) is 19.3 Å². The molecule has 2 fully saturated rings. The Bertz CT molecular complexity index is 473. The molecule has 1 aromatic heterocycles. The molecule has 1 saturated heterocycles. The molecule has 3 unspecified atom stereocenters. The van der Waals surface area contributed by atoms with Crippen LogP contribution in [0.25, 0.3) is 0 Å². The van der Waals surface area contributed by atoms with Crippen molar-refractivity contribution in [3.63, 3.8) is 0 Å². The number of amides is 1. The fourth-order valence-electron chi connectivity index (χ4n) is 2.94. The summed E-state index contributed by atoms with van der Waals surface area (Å²) in [6, 6.07) is 2.26. The highest BCUT2D eigenvalue weighted by Gasteiger charge is 2.38. The van der Waals surface area contributed by atoms with Gasteiger partial charge in [0.1, 0.15) is 6.04 Å². The second-order valence-electron chi connectivity index (χ2n) is 5.97. The van der Waals surface area contributed by atoms with E-state index in [9.17, 15) is 4.79 Å². The van der Waals surface area contributed by atoms with Crippen LogP contribution in [0, 0.1) is 0 Å². The van der Waals surface area contributed by atoms with Gasteiger partial charge in [-0.05, 0) is 42.2 Å². The van der Waals surface area contributed by atoms with Crippen molar-refractivity contribution in [3.05, 3.63) is 22.4 Å². The molecular weight excluding hydrogens is 286 g/mol. The maximum Gasteiger partial charge on any atom is 0.239 e. The normalized spacial score (nSPS) is 26.3. The molecule has 6 heteroatoms. The summed E-state index contributed by atoms with van der Waals surface area (Å²) >= 11 is 1.67. The Labute approximate surface area is 129 Å². The number of hydrogen-bond acceptors (Lipinski definition) is 5. The highest BCUT2D eigenvalue weighted by atomic mass is 32.1. The predicted molar refractivity (Wildman–Crippen MR) is 83.2 cm³/mol. The molecule has 2 heterocycles. The molecule has 3 rings (SSSR count). The number of thiophene rings is 1. The highest BCUT2D eigenvalue weighted by molar-refractivity contribution is 7.07. The highest BCUT2D eigenvalue weighted by Crippen LogP contribution is 2.29. The number of carbonyl (C=O) groups excluding carboxylic acids is 1. The smallest absolute Gasteiger partial charge is 0.239 e. The first-order valence-electron chi connectivity index (χ1n) is 7.58. The zero-order valence-electron chi connectivity index (χ0n) is 12.3. The van der Waals surface area contributed by atoms with Crippen molar-refractivity contribution < 1.29 is 9.53 Å². The average molecular weight is 309 g/mol. The SMILES string of the molecule is CC(N)C(c1ccsc1)N1CCOCC1C(=O)NC1CC1. The van der Waals surface area contributed by atoms with Crippen molar-refractivity contribution in [2.24, 2.45) is 5.73 Å². The lowest BCUT2D eigenvalue weighted by atomic mass is 9.99. The van der Waals surface area contributed by atoms with Crippen LogP contribution in [-0.2, 0) is 9.53 Å². The van der Waals surface area contributed by atoms with Crippen molar-refractivity contribution in [1.82, 2.24) is 10.2 Å². The Hall–Kier alpha value is -0.950. The minimum Gasteiger partial charge on any atom is -0.378 e. The zero-order valence-corrected chi connectivity index (χ0v) is 13.1. The molecule has 1 aliphatic carbocycles. The van der Waals surface area contributed by atoms with Crippen LogP contribution in [0.15, 0.2) is 16.8 Å². The van der Waals surface area contributed by atoms with Gasteiger partial charge >= 0.3 is 0 Å². The second kappa shape index (κ2) is 6.44. The number of nitrogens with zero attached hydrogens (tertiary/aromatic N) is 1.